The molecule has 1 aliphatic rings. The van der Waals surface area contributed by atoms with Gasteiger partial charge in [-0.15, -0.1) is 0 Å². The van der Waals surface area contributed by atoms with Gasteiger partial charge in [0.1, 0.15) is 0 Å². The first kappa shape index (κ1) is 12.4. The fourth-order valence-corrected chi connectivity index (χ4v) is 1.86. The van der Waals surface area contributed by atoms with Gasteiger partial charge in [0.05, 0.1) is 6.10 Å². The van der Waals surface area contributed by atoms with E-state index in [0.29, 0.717) is 6.42 Å². The molecule has 0 bridgehead atoms. The molecule has 3 atom stereocenters. The molecule has 0 amide bonds. The number of rotatable bonds is 2. The third-order valence-electron chi connectivity index (χ3n) is 2.66. The van der Waals surface area contributed by atoms with E-state index in [0.717, 1.165) is 5.56 Å². The first-order chi connectivity index (χ1) is 7.97. The highest BCUT2D eigenvalue weighted by Crippen LogP contribution is 2.33. The predicted molar refractivity (Wildman–Crippen MR) is 55.4 cm³/mol. The summed E-state index contributed by atoms with van der Waals surface area (Å²) in [6.07, 6.45) is -7.64. The monoisotopic (exact) mass is 246 g/mol. The Bertz CT molecular complexity index is 364. The molecule has 94 valence electrons. The van der Waals surface area contributed by atoms with E-state index in [9.17, 15) is 13.2 Å². The maximum Gasteiger partial charge on any atom is 0.417 e. The van der Waals surface area contributed by atoms with Crippen LogP contribution in [-0.2, 0) is 15.9 Å². The van der Waals surface area contributed by atoms with Gasteiger partial charge >= 0.3 is 6.18 Å². The summed E-state index contributed by atoms with van der Waals surface area (Å²) in [5.74, 6) is 0. The van der Waals surface area contributed by atoms with Gasteiger partial charge in [-0.2, -0.15) is 13.2 Å². The first-order valence-corrected chi connectivity index (χ1v) is 5.38. The average molecular weight is 246 g/mol. The molecule has 0 aliphatic carbocycles. The summed E-state index contributed by atoms with van der Waals surface area (Å²) < 4.78 is 47.6. The highest BCUT2D eigenvalue weighted by atomic mass is 19.4. The fraction of sp³-hybridized carbons (Fsp3) is 0.500. The lowest BCUT2D eigenvalue weighted by molar-refractivity contribution is -0.217. The predicted octanol–water partition coefficient (Wildman–Crippen LogP) is 2.92. The van der Waals surface area contributed by atoms with Crippen molar-refractivity contribution in [2.75, 3.05) is 0 Å². The van der Waals surface area contributed by atoms with Crippen molar-refractivity contribution in [3.63, 3.8) is 0 Å². The third kappa shape index (κ3) is 2.98. The van der Waals surface area contributed by atoms with E-state index in [1.54, 1.807) is 0 Å². The zero-order chi connectivity index (χ0) is 12.5. The van der Waals surface area contributed by atoms with Crippen LogP contribution in [0, 0.1) is 0 Å². The molecular weight excluding hydrogens is 233 g/mol. The van der Waals surface area contributed by atoms with Crippen LogP contribution in [0.15, 0.2) is 30.3 Å². The fourth-order valence-electron chi connectivity index (χ4n) is 1.86. The summed E-state index contributed by atoms with van der Waals surface area (Å²) in [5, 5.41) is 0. The maximum atomic E-state index is 12.5. The lowest BCUT2D eigenvalue weighted by atomic mass is 10.1. The van der Waals surface area contributed by atoms with Crippen molar-refractivity contribution in [2.45, 2.75) is 38.0 Å². The first-order valence-electron chi connectivity index (χ1n) is 5.38. The second-order valence-electron chi connectivity index (χ2n) is 4.06. The van der Waals surface area contributed by atoms with Gasteiger partial charge in [0.15, 0.2) is 12.4 Å². The maximum absolute atomic E-state index is 12.5. The number of alkyl halides is 3. The Hall–Kier alpha value is -1.07. The van der Waals surface area contributed by atoms with E-state index in [1.165, 1.54) is 6.92 Å². The van der Waals surface area contributed by atoms with Crippen LogP contribution in [0.1, 0.15) is 12.5 Å². The van der Waals surface area contributed by atoms with Crippen LogP contribution in [0.4, 0.5) is 13.2 Å². The normalized spacial score (nSPS) is 29.5. The molecule has 2 nitrogen and oxygen atoms in total. The molecule has 5 heteroatoms. The molecule has 1 aromatic rings. The Morgan fingerprint density at radius 3 is 2.29 bits per heavy atom. The molecule has 1 aromatic carbocycles. The van der Waals surface area contributed by atoms with Gasteiger partial charge in [-0.1, -0.05) is 30.3 Å². The van der Waals surface area contributed by atoms with Gasteiger partial charge in [0.2, 0.25) is 0 Å². The Kier molecular flexibility index (Phi) is 3.40. The SMILES string of the molecule is C[C@@H]1O[C@@H](Cc2ccccc2)O[C@@H]1C(F)(F)F. The van der Waals surface area contributed by atoms with Crippen LogP contribution >= 0.6 is 0 Å². The van der Waals surface area contributed by atoms with Crippen LogP contribution in [0.5, 0.6) is 0 Å². The Balaban J connectivity index is 1.98. The molecule has 0 spiro atoms. The van der Waals surface area contributed by atoms with Crippen molar-refractivity contribution in [3.05, 3.63) is 35.9 Å². The number of ether oxygens (including phenoxy) is 2. The minimum absolute atomic E-state index is 0.331. The zero-order valence-electron chi connectivity index (χ0n) is 9.28. The van der Waals surface area contributed by atoms with E-state index in [4.69, 9.17) is 9.47 Å². The number of benzene rings is 1. The van der Waals surface area contributed by atoms with E-state index < -0.39 is 24.7 Å². The number of hydrogen-bond acceptors (Lipinski definition) is 2. The molecule has 1 heterocycles. The minimum Gasteiger partial charge on any atom is -0.346 e. The van der Waals surface area contributed by atoms with Gasteiger partial charge in [0, 0.05) is 6.42 Å². The molecule has 0 N–H and O–H groups in total. The molecule has 0 unspecified atom stereocenters. The zero-order valence-corrected chi connectivity index (χ0v) is 9.28. The molecule has 1 fully saturated rings. The second kappa shape index (κ2) is 4.66. The number of hydrogen-bond donors (Lipinski definition) is 0. The van der Waals surface area contributed by atoms with E-state index in [-0.39, 0.29) is 0 Å². The summed E-state index contributed by atoms with van der Waals surface area (Å²) in [7, 11) is 0. The Labute approximate surface area is 97.3 Å². The summed E-state index contributed by atoms with van der Waals surface area (Å²) in [6, 6.07) is 9.17. The van der Waals surface area contributed by atoms with Gasteiger partial charge < -0.3 is 9.47 Å². The minimum atomic E-state index is -4.37. The van der Waals surface area contributed by atoms with Gasteiger partial charge in [-0.05, 0) is 12.5 Å². The highest BCUT2D eigenvalue weighted by Gasteiger charge is 2.50. The largest absolute Gasteiger partial charge is 0.417 e. The van der Waals surface area contributed by atoms with Crippen LogP contribution in [0.25, 0.3) is 0 Å². The van der Waals surface area contributed by atoms with Crippen molar-refractivity contribution in [2.24, 2.45) is 0 Å². The van der Waals surface area contributed by atoms with Gasteiger partial charge in [-0.25, -0.2) is 0 Å². The molecule has 1 saturated heterocycles. The smallest absolute Gasteiger partial charge is 0.346 e. The summed E-state index contributed by atoms with van der Waals surface area (Å²) in [6.45, 7) is 1.38. The van der Waals surface area contributed by atoms with Crippen molar-refractivity contribution in [1.82, 2.24) is 0 Å². The summed E-state index contributed by atoms with van der Waals surface area (Å²) >= 11 is 0. The lowest BCUT2D eigenvalue weighted by Crippen LogP contribution is -2.35. The average Bonchev–Trinajstić information content (AvgIpc) is 2.60. The Morgan fingerprint density at radius 1 is 1.12 bits per heavy atom. The van der Waals surface area contributed by atoms with Crippen LogP contribution in [0.3, 0.4) is 0 Å². The van der Waals surface area contributed by atoms with Crippen LogP contribution in [-0.4, -0.2) is 24.7 Å². The lowest BCUT2D eigenvalue weighted by Gasteiger charge is -2.16. The standard InChI is InChI=1S/C12H13F3O2/c1-8-11(12(13,14)15)17-10(16-8)7-9-5-3-2-4-6-9/h2-6,8,10-11H,7H2,1H3/t8-,10+,11-/m0/s1. The third-order valence-corrected chi connectivity index (χ3v) is 2.66. The molecule has 0 radical (unpaired) electrons. The Morgan fingerprint density at radius 2 is 1.76 bits per heavy atom. The van der Waals surface area contributed by atoms with Crippen molar-refractivity contribution in [3.8, 4) is 0 Å². The van der Waals surface area contributed by atoms with Crippen molar-refractivity contribution >= 4 is 0 Å². The van der Waals surface area contributed by atoms with Crippen LogP contribution in [0.2, 0.25) is 0 Å². The van der Waals surface area contributed by atoms with E-state index in [2.05, 4.69) is 0 Å². The molecule has 1 aliphatic heterocycles. The van der Waals surface area contributed by atoms with Crippen LogP contribution < -0.4 is 0 Å². The molecule has 0 saturated carbocycles. The summed E-state index contributed by atoms with van der Waals surface area (Å²) in [4.78, 5) is 0. The van der Waals surface area contributed by atoms with E-state index in [1.807, 2.05) is 30.3 Å². The van der Waals surface area contributed by atoms with Gasteiger partial charge in [-0.3, -0.25) is 0 Å². The molecule has 0 aromatic heterocycles. The number of halogens is 3. The van der Waals surface area contributed by atoms with E-state index >= 15 is 0 Å². The molecule has 2 rings (SSSR count). The second-order valence-corrected chi connectivity index (χ2v) is 4.06. The molecule has 17 heavy (non-hydrogen) atoms. The highest BCUT2D eigenvalue weighted by molar-refractivity contribution is 5.15. The summed E-state index contributed by atoms with van der Waals surface area (Å²) in [5.41, 5.74) is 0.896. The van der Waals surface area contributed by atoms with Crippen molar-refractivity contribution < 1.29 is 22.6 Å². The quantitative estimate of drug-likeness (QED) is 0.798. The van der Waals surface area contributed by atoms with Gasteiger partial charge in [0.25, 0.3) is 0 Å². The topological polar surface area (TPSA) is 18.5 Å². The van der Waals surface area contributed by atoms with Crippen molar-refractivity contribution in [1.29, 1.82) is 0 Å². The molecular formula is C12H13F3O2.